The maximum atomic E-state index is 12.3. The van der Waals surface area contributed by atoms with Gasteiger partial charge in [0.1, 0.15) is 5.75 Å². The SMILES string of the molecule is COCc1ccccc1CNC(=O)N(C)Cc1ccc(OC)cc1. The van der Waals surface area contributed by atoms with E-state index in [0.717, 1.165) is 22.4 Å². The molecule has 0 spiro atoms. The molecule has 0 aliphatic carbocycles. The number of amides is 2. The molecule has 0 aliphatic rings. The van der Waals surface area contributed by atoms with Crippen LogP contribution < -0.4 is 10.1 Å². The van der Waals surface area contributed by atoms with Crippen LogP contribution in [0.25, 0.3) is 0 Å². The monoisotopic (exact) mass is 328 g/mol. The van der Waals surface area contributed by atoms with Crippen LogP contribution in [0.4, 0.5) is 4.79 Å². The first kappa shape index (κ1) is 17.8. The van der Waals surface area contributed by atoms with E-state index >= 15 is 0 Å². The van der Waals surface area contributed by atoms with Crippen LogP contribution in [0, 0.1) is 0 Å². The second kappa shape index (κ2) is 8.93. The van der Waals surface area contributed by atoms with Gasteiger partial charge in [-0.15, -0.1) is 0 Å². The van der Waals surface area contributed by atoms with Crippen molar-refractivity contribution in [1.29, 1.82) is 0 Å². The van der Waals surface area contributed by atoms with E-state index in [-0.39, 0.29) is 6.03 Å². The summed E-state index contributed by atoms with van der Waals surface area (Å²) in [5, 5.41) is 2.95. The van der Waals surface area contributed by atoms with E-state index in [2.05, 4.69) is 5.32 Å². The third-order valence-corrected chi connectivity index (χ3v) is 3.77. The first-order valence-corrected chi connectivity index (χ1v) is 7.81. The van der Waals surface area contributed by atoms with Gasteiger partial charge in [-0.2, -0.15) is 0 Å². The van der Waals surface area contributed by atoms with E-state index in [4.69, 9.17) is 9.47 Å². The van der Waals surface area contributed by atoms with Crippen molar-refractivity contribution in [1.82, 2.24) is 10.2 Å². The molecule has 0 saturated heterocycles. The number of nitrogens with one attached hydrogen (secondary N) is 1. The minimum absolute atomic E-state index is 0.113. The number of carbonyl (C=O) groups is 1. The van der Waals surface area contributed by atoms with Gasteiger partial charge in [0.15, 0.2) is 0 Å². The predicted octanol–water partition coefficient (Wildman–Crippen LogP) is 3.18. The lowest BCUT2D eigenvalue weighted by molar-refractivity contribution is 0.183. The molecule has 24 heavy (non-hydrogen) atoms. The van der Waals surface area contributed by atoms with E-state index in [1.165, 1.54) is 0 Å². The van der Waals surface area contributed by atoms with Crippen LogP contribution in [0.3, 0.4) is 0 Å². The van der Waals surface area contributed by atoms with E-state index < -0.39 is 0 Å². The summed E-state index contributed by atoms with van der Waals surface area (Å²) < 4.78 is 10.3. The Kier molecular flexibility index (Phi) is 6.63. The number of hydrogen-bond acceptors (Lipinski definition) is 3. The maximum Gasteiger partial charge on any atom is 0.317 e. The molecule has 0 aromatic heterocycles. The van der Waals surface area contributed by atoms with Crippen LogP contribution in [-0.2, 0) is 24.4 Å². The molecular weight excluding hydrogens is 304 g/mol. The number of carbonyl (C=O) groups excluding carboxylic acids is 1. The molecule has 2 amide bonds. The highest BCUT2D eigenvalue weighted by molar-refractivity contribution is 5.73. The highest BCUT2D eigenvalue weighted by atomic mass is 16.5. The number of nitrogens with zero attached hydrogens (tertiary/aromatic N) is 1. The third kappa shape index (κ3) is 4.99. The van der Waals surface area contributed by atoms with Gasteiger partial charge >= 0.3 is 6.03 Å². The summed E-state index contributed by atoms with van der Waals surface area (Å²) in [6.07, 6.45) is 0. The van der Waals surface area contributed by atoms with Crippen molar-refractivity contribution >= 4 is 6.03 Å². The minimum atomic E-state index is -0.113. The van der Waals surface area contributed by atoms with Gasteiger partial charge in [-0.05, 0) is 28.8 Å². The molecule has 2 aromatic rings. The van der Waals surface area contributed by atoms with Gasteiger partial charge in [0.25, 0.3) is 0 Å². The largest absolute Gasteiger partial charge is 0.497 e. The standard InChI is InChI=1S/C19H24N2O3/c1-21(13-15-8-10-18(24-3)11-9-15)19(22)20-12-16-6-4-5-7-17(16)14-23-2/h4-11H,12-14H2,1-3H3,(H,20,22). The van der Waals surface area contributed by atoms with E-state index in [0.29, 0.717) is 19.7 Å². The Bertz CT molecular complexity index is 656. The van der Waals surface area contributed by atoms with Crippen molar-refractivity contribution in [3.05, 3.63) is 65.2 Å². The Balaban J connectivity index is 1.89. The Hall–Kier alpha value is -2.53. The van der Waals surface area contributed by atoms with Crippen LogP contribution in [0.1, 0.15) is 16.7 Å². The van der Waals surface area contributed by atoms with Gasteiger partial charge in [0.2, 0.25) is 0 Å². The second-order valence-electron chi connectivity index (χ2n) is 5.56. The second-order valence-corrected chi connectivity index (χ2v) is 5.56. The molecule has 0 aliphatic heterocycles. The molecule has 0 atom stereocenters. The zero-order valence-electron chi connectivity index (χ0n) is 14.4. The molecule has 0 bridgehead atoms. The summed E-state index contributed by atoms with van der Waals surface area (Å²) in [4.78, 5) is 13.9. The number of benzene rings is 2. The maximum absolute atomic E-state index is 12.3. The van der Waals surface area contributed by atoms with E-state index in [1.807, 2.05) is 48.5 Å². The Morgan fingerprint density at radius 2 is 1.71 bits per heavy atom. The topological polar surface area (TPSA) is 50.8 Å². The molecule has 0 unspecified atom stereocenters. The Morgan fingerprint density at radius 1 is 1.04 bits per heavy atom. The zero-order valence-corrected chi connectivity index (χ0v) is 14.4. The summed E-state index contributed by atoms with van der Waals surface area (Å²) in [5.74, 6) is 0.806. The summed E-state index contributed by atoms with van der Waals surface area (Å²) >= 11 is 0. The molecule has 5 heteroatoms. The van der Waals surface area contributed by atoms with Crippen molar-refractivity contribution in [3.63, 3.8) is 0 Å². The lowest BCUT2D eigenvalue weighted by Crippen LogP contribution is -2.36. The summed E-state index contributed by atoms with van der Waals surface area (Å²) in [6, 6.07) is 15.5. The lowest BCUT2D eigenvalue weighted by atomic mass is 10.1. The molecule has 128 valence electrons. The first-order chi connectivity index (χ1) is 11.6. The quantitative estimate of drug-likeness (QED) is 0.849. The van der Waals surface area contributed by atoms with Crippen LogP contribution in [0.15, 0.2) is 48.5 Å². The van der Waals surface area contributed by atoms with Crippen molar-refractivity contribution in [2.75, 3.05) is 21.3 Å². The van der Waals surface area contributed by atoms with Crippen molar-refractivity contribution in [2.24, 2.45) is 0 Å². The molecule has 5 nitrogen and oxygen atoms in total. The van der Waals surface area contributed by atoms with Crippen LogP contribution >= 0.6 is 0 Å². The predicted molar refractivity (Wildman–Crippen MR) is 93.9 cm³/mol. The highest BCUT2D eigenvalue weighted by Gasteiger charge is 2.10. The smallest absolute Gasteiger partial charge is 0.317 e. The fraction of sp³-hybridized carbons (Fsp3) is 0.316. The van der Waals surface area contributed by atoms with E-state index in [9.17, 15) is 4.79 Å². The molecule has 1 N–H and O–H groups in total. The number of hydrogen-bond donors (Lipinski definition) is 1. The molecule has 0 fully saturated rings. The number of methoxy groups -OCH3 is 2. The fourth-order valence-electron chi connectivity index (χ4n) is 2.41. The average Bonchev–Trinajstić information content (AvgIpc) is 2.61. The molecule has 2 rings (SSSR count). The Morgan fingerprint density at radius 3 is 2.33 bits per heavy atom. The Labute approximate surface area is 143 Å². The molecular formula is C19H24N2O3. The molecule has 2 aromatic carbocycles. The van der Waals surface area contributed by atoms with Gasteiger partial charge in [0, 0.05) is 27.2 Å². The van der Waals surface area contributed by atoms with E-state index in [1.54, 1.807) is 26.2 Å². The fourth-order valence-corrected chi connectivity index (χ4v) is 2.41. The summed E-state index contributed by atoms with van der Waals surface area (Å²) in [5.41, 5.74) is 3.19. The molecule has 0 radical (unpaired) electrons. The normalized spacial score (nSPS) is 10.3. The van der Waals surface area contributed by atoms with Gasteiger partial charge in [-0.1, -0.05) is 36.4 Å². The van der Waals surface area contributed by atoms with Crippen molar-refractivity contribution in [3.8, 4) is 5.75 Å². The zero-order chi connectivity index (χ0) is 17.4. The van der Waals surface area contributed by atoms with Gasteiger partial charge in [0.05, 0.1) is 13.7 Å². The third-order valence-electron chi connectivity index (χ3n) is 3.77. The van der Waals surface area contributed by atoms with Crippen molar-refractivity contribution in [2.45, 2.75) is 19.7 Å². The first-order valence-electron chi connectivity index (χ1n) is 7.81. The highest BCUT2D eigenvalue weighted by Crippen LogP contribution is 2.13. The van der Waals surface area contributed by atoms with Crippen molar-refractivity contribution < 1.29 is 14.3 Å². The van der Waals surface area contributed by atoms with Gasteiger partial charge in [-0.25, -0.2) is 4.79 Å². The summed E-state index contributed by atoms with van der Waals surface area (Å²) in [7, 11) is 5.08. The van der Waals surface area contributed by atoms with Crippen LogP contribution in [0.5, 0.6) is 5.75 Å². The number of urea groups is 1. The lowest BCUT2D eigenvalue weighted by Gasteiger charge is -2.19. The number of rotatable bonds is 7. The van der Waals surface area contributed by atoms with Gasteiger partial charge in [-0.3, -0.25) is 0 Å². The summed E-state index contributed by atoms with van der Waals surface area (Å²) in [6.45, 7) is 1.55. The van der Waals surface area contributed by atoms with Gasteiger partial charge < -0.3 is 19.7 Å². The number of ether oxygens (including phenoxy) is 2. The molecule has 0 saturated carbocycles. The average molecular weight is 328 g/mol. The van der Waals surface area contributed by atoms with Crippen LogP contribution in [0.2, 0.25) is 0 Å². The minimum Gasteiger partial charge on any atom is -0.497 e. The van der Waals surface area contributed by atoms with Crippen LogP contribution in [-0.4, -0.2) is 32.2 Å². The molecule has 0 heterocycles.